The third kappa shape index (κ3) is 3.57. The van der Waals surface area contributed by atoms with Gasteiger partial charge in [-0.3, -0.25) is 9.59 Å². The first-order valence-corrected chi connectivity index (χ1v) is 9.31. The van der Waals surface area contributed by atoms with E-state index in [2.05, 4.69) is 30.9 Å². The maximum atomic E-state index is 12.4. The lowest BCUT2D eigenvalue weighted by atomic mass is 9.91. The Morgan fingerprint density at radius 2 is 1.96 bits per heavy atom. The molecule has 3 aromatic heterocycles. The van der Waals surface area contributed by atoms with Gasteiger partial charge in [0.2, 0.25) is 0 Å². The number of aromatic amines is 1. The van der Waals surface area contributed by atoms with Gasteiger partial charge in [-0.15, -0.1) is 5.10 Å². The molecule has 1 fully saturated rings. The van der Waals surface area contributed by atoms with Crippen LogP contribution in [0.15, 0.2) is 29.2 Å². The SMILES string of the molecule is Cc1cc(C)n(-c2ccc(=O)n(C3CCC(NC(=O)c4cn[nH]n4)CC3)n2)n1. The van der Waals surface area contributed by atoms with E-state index in [9.17, 15) is 9.59 Å². The number of carbonyl (C=O) groups excluding carboxylic acids is 1. The highest BCUT2D eigenvalue weighted by molar-refractivity contribution is 5.91. The number of aromatic nitrogens is 7. The third-order valence-electron chi connectivity index (χ3n) is 5.06. The fourth-order valence-corrected chi connectivity index (χ4v) is 3.69. The number of aryl methyl sites for hydroxylation is 2. The lowest BCUT2D eigenvalue weighted by Crippen LogP contribution is -2.39. The van der Waals surface area contributed by atoms with E-state index >= 15 is 0 Å². The number of amides is 1. The minimum atomic E-state index is -0.237. The average molecular weight is 382 g/mol. The Morgan fingerprint density at radius 3 is 2.61 bits per heavy atom. The summed E-state index contributed by atoms with van der Waals surface area (Å²) in [6.45, 7) is 3.88. The standard InChI is InChI=1S/C18H22N8O2/c1-11-9-12(2)25(22-11)16-7-8-17(27)26(23-16)14-5-3-13(4-6-14)20-18(28)15-10-19-24-21-15/h7-10,13-14H,3-6H2,1-2H3,(H,20,28)(H,19,21,24). The second-order valence-electron chi connectivity index (χ2n) is 7.15. The smallest absolute Gasteiger partial charge is 0.273 e. The van der Waals surface area contributed by atoms with Crippen LogP contribution in [0.5, 0.6) is 0 Å². The molecule has 0 unspecified atom stereocenters. The first-order chi connectivity index (χ1) is 13.5. The van der Waals surface area contributed by atoms with Crippen molar-refractivity contribution < 1.29 is 4.79 Å². The Bertz CT molecular complexity index is 1030. The molecule has 146 valence electrons. The van der Waals surface area contributed by atoms with Gasteiger partial charge in [0.25, 0.3) is 11.5 Å². The monoisotopic (exact) mass is 382 g/mol. The van der Waals surface area contributed by atoms with E-state index in [1.54, 1.807) is 15.4 Å². The molecule has 1 aliphatic rings. The van der Waals surface area contributed by atoms with Crippen LogP contribution >= 0.6 is 0 Å². The van der Waals surface area contributed by atoms with E-state index in [1.165, 1.54) is 12.3 Å². The fraction of sp³-hybridized carbons (Fsp3) is 0.444. The summed E-state index contributed by atoms with van der Waals surface area (Å²) in [5.41, 5.74) is 2.02. The van der Waals surface area contributed by atoms with Crippen molar-refractivity contribution in [2.45, 2.75) is 51.6 Å². The molecular formula is C18H22N8O2. The second-order valence-corrected chi connectivity index (χ2v) is 7.15. The predicted molar refractivity (Wildman–Crippen MR) is 100 cm³/mol. The summed E-state index contributed by atoms with van der Waals surface area (Å²) < 4.78 is 3.30. The highest BCUT2D eigenvalue weighted by atomic mass is 16.2. The molecule has 4 rings (SSSR count). The zero-order chi connectivity index (χ0) is 19.7. The lowest BCUT2D eigenvalue weighted by molar-refractivity contribution is 0.0916. The predicted octanol–water partition coefficient (Wildman–Crippen LogP) is 1.08. The molecular weight excluding hydrogens is 360 g/mol. The summed E-state index contributed by atoms with van der Waals surface area (Å²) in [5, 5.41) is 21.8. The van der Waals surface area contributed by atoms with Gasteiger partial charge in [-0.1, -0.05) is 0 Å². The van der Waals surface area contributed by atoms with Crippen LogP contribution in [0, 0.1) is 13.8 Å². The number of rotatable bonds is 4. The van der Waals surface area contributed by atoms with Gasteiger partial charge in [0.05, 0.1) is 17.9 Å². The maximum Gasteiger partial charge on any atom is 0.273 e. The molecule has 0 atom stereocenters. The van der Waals surface area contributed by atoms with Crippen molar-refractivity contribution >= 4 is 5.91 Å². The average Bonchev–Trinajstić information content (AvgIpc) is 3.33. The number of hydrogen-bond donors (Lipinski definition) is 2. The highest BCUT2D eigenvalue weighted by Crippen LogP contribution is 2.27. The molecule has 0 aliphatic heterocycles. The van der Waals surface area contributed by atoms with Crippen LogP contribution in [-0.2, 0) is 0 Å². The van der Waals surface area contributed by atoms with Gasteiger partial charge >= 0.3 is 0 Å². The van der Waals surface area contributed by atoms with Gasteiger partial charge in [0.15, 0.2) is 11.5 Å². The quantitative estimate of drug-likeness (QED) is 0.696. The number of H-pyrrole nitrogens is 1. The molecule has 1 saturated carbocycles. The van der Waals surface area contributed by atoms with Gasteiger partial charge < -0.3 is 5.32 Å². The van der Waals surface area contributed by atoms with E-state index in [0.717, 1.165) is 37.1 Å². The number of hydrogen-bond acceptors (Lipinski definition) is 6. The van der Waals surface area contributed by atoms with Crippen LogP contribution in [-0.4, -0.2) is 46.9 Å². The number of nitrogens with zero attached hydrogens (tertiary/aromatic N) is 6. The lowest BCUT2D eigenvalue weighted by Gasteiger charge is -2.29. The third-order valence-corrected chi connectivity index (χ3v) is 5.06. The molecule has 2 N–H and O–H groups in total. The van der Waals surface area contributed by atoms with Crippen molar-refractivity contribution in [2.24, 2.45) is 0 Å². The molecule has 0 saturated heterocycles. The molecule has 0 radical (unpaired) electrons. The summed E-state index contributed by atoms with van der Waals surface area (Å²) in [6.07, 6.45) is 4.46. The van der Waals surface area contributed by atoms with Gasteiger partial charge in [-0.25, -0.2) is 9.36 Å². The Balaban J connectivity index is 1.46. The van der Waals surface area contributed by atoms with Crippen molar-refractivity contribution in [1.82, 2.24) is 40.3 Å². The van der Waals surface area contributed by atoms with Crippen LogP contribution in [0.25, 0.3) is 5.82 Å². The molecule has 0 bridgehead atoms. The molecule has 1 aliphatic carbocycles. The number of nitrogens with one attached hydrogen (secondary N) is 2. The molecule has 0 aromatic carbocycles. The van der Waals surface area contributed by atoms with E-state index in [4.69, 9.17) is 0 Å². The zero-order valence-electron chi connectivity index (χ0n) is 15.8. The molecule has 0 spiro atoms. The molecule has 1 amide bonds. The first-order valence-electron chi connectivity index (χ1n) is 9.31. The van der Waals surface area contributed by atoms with E-state index in [-0.39, 0.29) is 29.2 Å². The summed E-state index contributed by atoms with van der Waals surface area (Å²) >= 11 is 0. The minimum Gasteiger partial charge on any atom is -0.348 e. The molecule has 10 heteroatoms. The van der Waals surface area contributed by atoms with Crippen LogP contribution < -0.4 is 10.9 Å². The summed E-state index contributed by atoms with van der Waals surface area (Å²) in [5.74, 6) is 0.394. The van der Waals surface area contributed by atoms with Crippen molar-refractivity contribution in [2.75, 3.05) is 0 Å². The van der Waals surface area contributed by atoms with Crippen molar-refractivity contribution in [3.63, 3.8) is 0 Å². The van der Waals surface area contributed by atoms with Gasteiger partial charge in [0.1, 0.15) is 0 Å². The van der Waals surface area contributed by atoms with Crippen LogP contribution in [0.4, 0.5) is 0 Å². The van der Waals surface area contributed by atoms with E-state index in [1.807, 2.05) is 19.9 Å². The zero-order valence-corrected chi connectivity index (χ0v) is 15.8. The van der Waals surface area contributed by atoms with Crippen LogP contribution in [0.3, 0.4) is 0 Å². The summed E-state index contributed by atoms with van der Waals surface area (Å²) in [7, 11) is 0. The molecule has 3 aromatic rings. The van der Waals surface area contributed by atoms with Crippen molar-refractivity contribution in [1.29, 1.82) is 0 Å². The number of carbonyl (C=O) groups is 1. The normalized spacial score (nSPS) is 19.5. The molecule has 10 nitrogen and oxygen atoms in total. The molecule has 3 heterocycles. The topological polar surface area (TPSA) is 123 Å². The Morgan fingerprint density at radius 1 is 1.18 bits per heavy atom. The second kappa shape index (κ2) is 7.37. The Kier molecular flexibility index (Phi) is 4.76. The summed E-state index contributed by atoms with van der Waals surface area (Å²) in [6, 6.07) is 5.26. The Hall–Kier alpha value is -3.30. The highest BCUT2D eigenvalue weighted by Gasteiger charge is 2.26. The minimum absolute atomic E-state index is 0.00428. The first kappa shape index (κ1) is 18.1. The molecule has 28 heavy (non-hydrogen) atoms. The van der Waals surface area contributed by atoms with Crippen molar-refractivity contribution in [3.8, 4) is 5.82 Å². The van der Waals surface area contributed by atoms with Gasteiger partial charge in [-0.2, -0.15) is 20.5 Å². The Labute approximate surface area is 161 Å². The van der Waals surface area contributed by atoms with Crippen LogP contribution in [0.1, 0.15) is 53.6 Å². The fourth-order valence-electron chi connectivity index (χ4n) is 3.69. The largest absolute Gasteiger partial charge is 0.348 e. The van der Waals surface area contributed by atoms with Crippen LogP contribution in [0.2, 0.25) is 0 Å². The maximum absolute atomic E-state index is 12.4. The van der Waals surface area contributed by atoms with Gasteiger partial charge in [0, 0.05) is 17.8 Å². The summed E-state index contributed by atoms with van der Waals surface area (Å²) in [4.78, 5) is 24.5. The van der Waals surface area contributed by atoms with E-state index < -0.39 is 0 Å². The van der Waals surface area contributed by atoms with E-state index in [0.29, 0.717) is 5.82 Å². The van der Waals surface area contributed by atoms with Crippen molar-refractivity contribution in [3.05, 3.63) is 51.8 Å². The van der Waals surface area contributed by atoms with Gasteiger partial charge in [-0.05, 0) is 51.7 Å².